The van der Waals surface area contributed by atoms with Crippen LogP contribution in [-0.4, -0.2) is 17.1 Å². The molecule has 94 valence electrons. The Morgan fingerprint density at radius 1 is 1.12 bits per heavy atom. The number of aromatic nitrogens is 2. The van der Waals surface area contributed by atoms with Crippen molar-refractivity contribution in [1.82, 2.24) is 9.97 Å². The summed E-state index contributed by atoms with van der Waals surface area (Å²) in [7, 11) is 1.61. The molecule has 0 aromatic carbocycles. The zero-order valence-corrected chi connectivity index (χ0v) is 11.0. The zero-order valence-electron chi connectivity index (χ0n) is 9.47. The van der Waals surface area contributed by atoms with Gasteiger partial charge in [0, 0.05) is 7.11 Å². The van der Waals surface area contributed by atoms with Gasteiger partial charge >= 0.3 is 0 Å². The molecule has 3 nitrogen and oxygen atoms in total. The summed E-state index contributed by atoms with van der Waals surface area (Å²) in [6.07, 6.45) is 4.84. The van der Waals surface area contributed by atoms with Crippen LogP contribution in [0.2, 0.25) is 10.3 Å². The van der Waals surface area contributed by atoms with Crippen LogP contribution < -0.4 is 0 Å². The van der Waals surface area contributed by atoms with E-state index in [0.717, 1.165) is 32.1 Å². The van der Waals surface area contributed by atoms with Gasteiger partial charge in [0.2, 0.25) is 0 Å². The van der Waals surface area contributed by atoms with Crippen LogP contribution in [0.1, 0.15) is 37.9 Å². The maximum atomic E-state index is 13.3. The summed E-state index contributed by atoms with van der Waals surface area (Å²) in [4.78, 5) is 7.94. The van der Waals surface area contributed by atoms with Crippen molar-refractivity contribution in [3.05, 3.63) is 21.9 Å². The molecule has 0 unspecified atom stereocenters. The highest BCUT2D eigenvalue weighted by Gasteiger charge is 2.37. The Bertz CT molecular complexity index is 399. The molecule has 6 heteroatoms. The SMILES string of the molecule is COC1(c2nc(Cl)c(F)c(Cl)n2)CCCCC1. The van der Waals surface area contributed by atoms with E-state index >= 15 is 0 Å². The molecule has 0 bridgehead atoms. The molecule has 0 aliphatic heterocycles. The van der Waals surface area contributed by atoms with Crippen molar-refractivity contribution in [3.8, 4) is 0 Å². The first-order valence-electron chi connectivity index (χ1n) is 5.53. The highest BCUT2D eigenvalue weighted by molar-refractivity contribution is 6.33. The Morgan fingerprint density at radius 3 is 2.12 bits per heavy atom. The Labute approximate surface area is 109 Å². The predicted octanol–water partition coefficient (Wildman–Crippen LogP) is 3.73. The normalized spacial score (nSPS) is 19.3. The van der Waals surface area contributed by atoms with Gasteiger partial charge < -0.3 is 4.74 Å². The monoisotopic (exact) mass is 278 g/mol. The third-order valence-electron chi connectivity index (χ3n) is 3.23. The first-order valence-corrected chi connectivity index (χ1v) is 6.29. The molecule has 0 atom stereocenters. The van der Waals surface area contributed by atoms with Crippen molar-refractivity contribution in [2.75, 3.05) is 7.11 Å². The fourth-order valence-electron chi connectivity index (χ4n) is 2.24. The van der Waals surface area contributed by atoms with Gasteiger partial charge in [-0.2, -0.15) is 0 Å². The lowest BCUT2D eigenvalue weighted by molar-refractivity contribution is -0.0516. The smallest absolute Gasteiger partial charge is 0.197 e. The minimum Gasteiger partial charge on any atom is -0.370 e. The van der Waals surface area contributed by atoms with Crippen LogP contribution in [0.25, 0.3) is 0 Å². The first-order chi connectivity index (χ1) is 8.09. The molecule has 1 aromatic heterocycles. The molecule has 0 saturated heterocycles. The lowest BCUT2D eigenvalue weighted by atomic mass is 9.84. The largest absolute Gasteiger partial charge is 0.370 e. The maximum absolute atomic E-state index is 13.3. The summed E-state index contributed by atoms with van der Waals surface area (Å²) in [5.41, 5.74) is -0.570. The van der Waals surface area contributed by atoms with Gasteiger partial charge in [-0.05, 0) is 12.8 Å². The van der Waals surface area contributed by atoms with E-state index in [2.05, 4.69) is 9.97 Å². The first kappa shape index (κ1) is 13.0. The summed E-state index contributed by atoms with van der Waals surface area (Å²) in [6.45, 7) is 0. The van der Waals surface area contributed by atoms with Gasteiger partial charge in [0.25, 0.3) is 0 Å². The highest BCUT2D eigenvalue weighted by atomic mass is 35.5. The number of hydrogen-bond donors (Lipinski definition) is 0. The van der Waals surface area contributed by atoms with Crippen molar-refractivity contribution >= 4 is 23.2 Å². The topological polar surface area (TPSA) is 35.0 Å². The quantitative estimate of drug-likeness (QED) is 0.774. The number of ether oxygens (including phenoxy) is 1. The standard InChI is InChI=1S/C11H13Cl2FN2O/c1-17-11(5-3-2-4-6-11)10-15-8(12)7(14)9(13)16-10/h2-6H2,1H3. The molecule has 1 fully saturated rings. The molecule has 1 aromatic rings. The van der Waals surface area contributed by atoms with Crippen molar-refractivity contribution in [1.29, 1.82) is 0 Å². The molecule has 2 rings (SSSR count). The average molecular weight is 279 g/mol. The second-order valence-corrected chi connectivity index (χ2v) is 4.92. The van der Waals surface area contributed by atoms with E-state index in [-0.39, 0.29) is 10.3 Å². The molecule has 17 heavy (non-hydrogen) atoms. The van der Waals surface area contributed by atoms with Crippen molar-refractivity contribution < 1.29 is 9.13 Å². The molecule has 1 aliphatic rings. The number of nitrogens with zero attached hydrogens (tertiary/aromatic N) is 2. The Balaban J connectivity index is 2.43. The van der Waals surface area contributed by atoms with E-state index in [0.29, 0.717) is 5.82 Å². The number of halogens is 3. The van der Waals surface area contributed by atoms with E-state index < -0.39 is 11.4 Å². The predicted molar refractivity (Wildman–Crippen MR) is 63.8 cm³/mol. The van der Waals surface area contributed by atoms with Crippen molar-refractivity contribution in [2.24, 2.45) is 0 Å². The van der Waals surface area contributed by atoms with Crippen LogP contribution in [0.5, 0.6) is 0 Å². The minimum atomic E-state index is -0.779. The molecule has 0 amide bonds. The summed E-state index contributed by atoms with van der Waals surface area (Å²) in [5.74, 6) is -0.393. The lowest BCUT2D eigenvalue weighted by Crippen LogP contribution is -2.33. The second kappa shape index (κ2) is 5.04. The maximum Gasteiger partial charge on any atom is 0.197 e. The van der Waals surface area contributed by atoms with Gasteiger partial charge in [-0.15, -0.1) is 0 Å². The molecule has 1 heterocycles. The number of methoxy groups -OCH3 is 1. The third kappa shape index (κ3) is 2.39. The van der Waals surface area contributed by atoms with Gasteiger partial charge in [-0.25, -0.2) is 14.4 Å². The van der Waals surface area contributed by atoms with E-state index in [4.69, 9.17) is 27.9 Å². The Hall–Kier alpha value is -0.450. The van der Waals surface area contributed by atoms with Crippen molar-refractivity contribution in [2.45, 2.75) is 37.7 Å². The van der Waals surface area contributed by atoms with Gasteiger partial charge in [0.1, 0.15) is 5.60 Å². The van der Waals surface area contributed by atoms with Gasteiger partial charge in [0.05, 0.1) is 0 Å². The van der Waals surface area contributed by atoms with Crippen LogP contribution >= 0.6 is 23.2 Å². The molecule has 1 aliphatic carbocycles. The number of rotatable bonds is 2. The van der Waals surface area contributed by atoms with Crippen LogP contribution in [-0.2, 0) is 10.3 Å². The van der Waals surface area contributed by atoms with Crippen LogP contribution in [0.15, 0.2) is 0 Å². The Kier molecular flexibility index (Phi) is 3.85. The van der Waals surface area contributed by atoms with E-state index in [1.807, 2.05) is 0 Å². The molecular weight excluding hydrogens is 266 g/mol. The zero-order chi connectivity index (χ0) is 12.5. The highest BCUT2D eigenvalue weighted by Crippen LogP contribution is 2.39. The average Bonchev–Trinajstić information content (AvgIpc) is 2.36. The lowest BCUT2D eigenvalue weighted by Gasteiger charge is -2.34. The molecule has 1 saturated carbocycles. The van der Waals surface area contributed by atoms with E-state index in [1.54, 1.807) is 7.11 Å². The summed E-state index contributed by atoms with van der Waals surface area (Å²) in [5, 5.41) is -0.496. The van der Waals surface area contributed by atoms with Crippen LogP contribution in [0.3, 0.4) is 0 Å². The van der Waals surface area contributed by atoms with Gasteiger partial charge in [-0.1, -0.05) is 42.5 Å². The molecular formula is C11H13Cl2FN2O. The molecule has 0 spiro atoms. The third-order valence-corrected chi connectivity index (χ3v) is 3.73. The molecule has 0 radical (unpaired) electrons. The molecule has 0 N–H and O–H groups in total. The van der Waals surface area contributed by atoms with Crippen LogP contribution in [0.4, 0.5) is 4.39 Å². The fourth-order valence-corrected chi connectivity index (χ4v) is 2.63. The van der Waals surface area contributed by atoms with Crippen molar-refractivity contribution in [3.63, 3.8) is 0 Å². The summed E-state index contributed by atoms with van der Waals surface area (Å²) < 4.78 is 18.8. The summed E-state index contributed by atoms with van der Waals surface area (Å²) in [6, 6.07) is 0. The minimum absolute atomic E-state index is 0.248. The second-order valence-electron chi connectivity index (χ2n) is 4.20. The van der Waals surface area contributed by atoms with Gasteiger partial charge in [-0.3, -0.25) is 0 Å². The summed E-state index contributed by atoms with van der Waals surface area (Å²) >= 11 is 11.4. The van der Waals surface area contributed by atoms with Gasteiger partial charge in [0.15, 0.2) is 21.9 Å². The fraction of sp³-hybridized carbons (Fsp3) is 0.636. The van der Waals surface area contributed by atoms with E-state index in [1.165, 1.54) is 0 Å². The Morgan fingerprint density at radius 2 is 1.65 bits per heavy atom. The number of hydrogen-bond acceptors (Lipinski definition) is 3. The van der Waals surface area contributed by atoms with E-state index in [9.17, 15) is 4.39 Å². The van der Waals surface area contributed by atoms with Crippen LogP contribution in [0, 0.1) is 5.82 Å².